The van der Waals surface area contributed by atoms with Crippen molar-refractivity contribution < 1.29 is 19.2 Å². The molecule has 0 aliphatic carbocycles. The number of pyridine rings is 1. The van der Waals surface area contributed by atoms with E-state index in [0.717, 1.165) is 0 Å². The van der Waals surface area contributed by atoms with Crippen LogP contribution in [0.4, 0.5) is 5.69 Å². The molecule has 1 aromatic carbocycles. The van der Waals surface area contributed by atoms with Gasteiger partial charge in [0.05, 0.1) is 0 Å². The number of anilines is 1. The van der Waals surface area contributed by atoms with Gasteiger partial charge in [0, 0.05) is 48.1 Å². The average Bonchev–Trinajstić information content (AvgIpc) is 3.03. The van der Waals surface area contributed by atoms with Crippen molar-refractivity contribution in [2.45, 2.75) is 25.4 Å². The molecule has 4 rings (SSSR count). The van der Waals surface area contributed by atoms with Crippen molar-refractivity contribution in [2.24, 2.45) is 0 Å². The van der Waals surface area contributed by atoms with E-state index in [1.165, 1.54) is 4.90 Å². The Kier molecular flexibility index (Phi) is 4.79. The lowest BCUT2D eigenvalue weighted by Gasteiger charge is -2.29. The Labute approximate surface area is 166 Å². The van der Waals surface area contributed by atoms with Crippen LogP contribution in [0.5, 0.6) is 0 Å². The van der Waals surface area contributed by atoms with Gasteiger partial charge in [0.1, 0.15) is 6.04 Å². The monoisotopic (exact) mass is 388 g/mol. The van der Waals surface area contributed by atoms with E-state index in [1.807, 2.05) is 0 Å². The van der Waals surface area contributed by atoms with Gasteiger partial charge in [-0.2, -0.15) is 0 Å². The van der Waals surface area contributed by atoms with Gasteiger partial charge in [-0.15, -0.1) is 0 Å². The van der Waals surface area contributed by atoms with Gasteiger partial charge in [0.25, 0.3) is 5.91 Å². The highest BCUT2D eigenvalue weighted by Gasteiger charge is 2.39. The van der Waals surface area contributed by atoms with E-state index in [4.69, 9.17) is 0 Å². The molecule has 0 radical (unpaired) electrons. The van der Waals surface area contributed by atoms with Crippen LogP contribution in [-0.4, -0.2) is 39.6 Å². The molecule has 1 unspecified atom stereocenters. The number of nitrogens with one attached hydrogen (secondary N) is 2. The molecule has 1 saturated heterocycles. The summed E-state index contributed by atoms with van der Waals surface area (Å²) in [5.74, 6) is 3.69. The third-order valence-electron chi connectivity index (χ3n) is 4.76. The zero-order valence-corrected chi connectivity index (χ0v) is 15.3. The molecule has 3 heterocycles. The van der Waals surface area contributed by atoms with E-state index in [9.17, 15) is 19.2 Å². The summed E-state index contributed by atoms with van der Waals surface area (Å²) in [6.45, 7) is 0.242. The van der Waals surface area contributed by atoms with Crippen LogP contribution in [0, 0.1) is 11.8 Å². The molecule has 144 valence electrons. The molecule has 2 N–H and O–H groups in total. The normalized spacial score (nSPS) is 17.9. The van der Waals surface area contributed by atoms with Crippen molar-refractivity contribution in [2.75, 3.05) is 5.32 Å². The SMILES string of the molecule is O=C(C#Cc1cccnc1)Nc1ccc2c(c1)CN(C1CCC(=O)NC1=O)C2=O. The van der Waals surface area contributed by atoms with E-state index < -0.39 is 17.9 Å². The summed E-state index contributed by atoms with van der Waals surface area (Å²) in [5.41, 5.74) is 2.32. The van der Waals surface area contributed by atoms with E-state index in [0.29, 0.717) is 28.8 Å². The first-order valence-corrected chi connectivity index (χ1v) is 9.02. The molecular weight excluding hydrogens is 372 g/mol. The molecule has 2 aromatic rings. The molecule has 4 amide bonds. The fourth-order valence-corrected chi connectivity index (χ4v) is 3.38. The fraction of sp³-hybridized carbons (Fsp3) is 0.190. The molecule has 2 aliphatic heterocycles. The highest BCUT2D eigenvalue weighted by molar-refractivity contribution is 6.07. The molecule has 8 nitrogen and oxygen atoms in total. The van der Waals surface area contributed by atoms with E-state index >= 15 is 0 Å². The number of rotatable bonds is 2. The molecule has 0 spiro atoms. The van der Waals surface area contributed by atoms with Crippen molar-refractivity contribution in [3.63, 3.8) is 0 Å². The zero-order valence-electron chi connectivity index (χ0n) is 15.3. The third-order valence-corrected chi connectivity index (χ3v) is 4.76. The lowest BCUT2D eigenvalue weighted by Crippen LogP contribution is -2.52. The van der Waals surface area contributed by atoms with Gasteiger partial charge in [-0.05, 0) is 42.3 Å². The molecule has 8 heteroatoms. The van der Waals surface area contributed by atoms with Crippen LogP contribution < -0.4 is 10.6 Å². The second-order valence-electron chi connectivity index (χ2n) is 6.72. The molecule has 2 aliphatic rings. The Morgan fingerprint density at radius 3 is 2.86 bits per heavy atom. The minimum absolute atomic E-state index is 0.202. The van der Waals surface area contributed by atoms with Gasteiger partial charge < -0.3 is 10.2 Å². The van der Waals surface area contributed by atoms with Gasteiger partial charge in [0.2, 0.25) is 11.8 Å². The van der Waals surface area contributed by atoms with E-state index in [1.54, 1.807) is 42.7 Å². The number of piperidine rings is 1. The van der Waals surface area contributed by atoms with Gasteiger partial charge >= 0.3 is 5.91 Å². The molecule has 29 heavy (non-hydrogen) atoms. The summed E-state index contributed by atoms with van der Waals surface area (Å²) < 4.78 is 0. The van der Waals surface area contributed by atoms with Crippen LogP contribution in [0.2, 0.25) is 0 Å². The number of carbonyl (C=O) groups excluding carboxylic acids is 4. The van der Waals surface area contributed by atoms with Crippen LogP contribution >= 0.6 is 0 Å². The Bertz CT molecular complexity index is 1080. The topological polar surface area (TPSA) is 108 Å². The van der Waals surface area contributed by atoms with Crippen molar-refractivity contribution in [1.82, 2.24) is 15.2 Å². The summed E-state index contributed by atoms with van der Waals surface area (Å²) in [6, 6.07) is 7.74. The smallest absolute Gasteiger partial charge is 0.300 e. The first-order chi connectivity index (χ1) is 14.0. The average molecular weight is 388 g/mol. The minimum atomic E-state index is -0.670. The fourth-order valence-electron chi connectivity index (χ4n) is 3.38. The molecule has 1 aromatic heterocycles. The predicted octanol–water partition coefficient (Wildman–Crippen LogP) is 0.833. The second-order valence-corrected chi connectivity index (χ2v) is 6.72. The number of aromatic nitrogens is 1. The first-order valence-electron chi connectivity index (χ1n) is 9.02. The summed E-state index contributed by atoms with van der Waals surface area (Å²) >= 11 is 0. The van der Waals surface area contributed by atoms with Gasteiger partial charge in [-0.25, -0.2) is 0 Å². The van der Waals surface area contributed by atoms with Crippen molar-refractivity contribution in [3.05, 3.63) is 59.4 Å². The second kappa shape index (κ2) is 7.56. The molecule has 0 bridgehead atoms. The summed E-state index contributed by atoms with van der Waals surface area (Å²) in [6.07, 6.45) is 3.69. The Balaban J connectivity index is 1.46. The highest BCUT2D eigenvalue weighted by Crippen LogP contribution is 2.29. The lowest BCUT2D eigenvalue weighted by atomic mass is 10.0. The molecule has 1 atom stereocenters. The standard InChI is InChI=1S/C21H16N4O4/c26-18(7-3-13-2-1-9-22-11-13)23-15-4-5-16-14(10-15)12-25(21(16)29)17-6-8-19(27)24-20(17)28/h1-2,4-5,9-11,17H,6,8,12H2,(H,23,26)(H,24,27,28). The summed E-state index contributed by atoms with van der Waals surface area (Å²) in [4.78, 5) is 53.5. The number of fused-ring (bicyclic) bond motifs is 1. The zero-order chi connectivity index (χ0) is 20.4. The van der Waals surface area contributed by atoms with Crippen LogP contribution in [0.15, 0.2) is 42.7 Å². The van der Waals surface area contributed by atoms with Crippen LogP contribution in [-0.2, 0) is 20.9 Å². The van der Waals surface area contributed by atoms with Crippen molar-refractivity contribution in [1.29, 1.82) is 0 Å². The van der Waals surface area contributed by atoms with Gasteiger partial charge in [-0.1, -0.05) is 5.92 Å². The molecular formula is C21H16N4O4. The number of hydrogen-bond donors (Lipinski definition) is 2. The van der Waals surface area contributed by atoms with Gasteiger partial charge in [0.15, 0.2) is 0 Å². The van der Waals surface area contributed by atoms with Crippen molar-refractivity contribution >= 4 is 29.3 Å². The number of nitrogens with zero attached hydrogens (tertiary/aromatic N) is 2. The Morgan fingerprint density at radius 1 is 1.24 bits per heavy atom. The Morgan fingerprint density at radius 2 is 2.10 bits per heavy atom. The number of carbonyl (C=O) groups is 4. The number of amides is 4. The number of imide groups is 1. The van der Waals surface area contributed by atoms with Crippen LogP contribution in [0.3, 0.4) is 0 Å². The number of hydrogen-bond acceptors (Lipinski definition) is 5. The maximum Gasteiger partial charge on any atom is 0.300 e. The predicted molar refractivity (Wildman–Crippen MR) is 102 cm³/mol. The summed E-state index contributed by atoms with van der Waals surface area (Å²) in [7, 11) is 0. The largest absolute Gasteiger partial charge is 0.322 e. The quantitative estimate of drug-likeness (QED) is 0.585. The first kappa shape index (κ1) is 18.4. The van der Waals surface area contributed by atoms with E-state index in [-0.39, 0.29) is 24.8 Å². The summed E-state index contributed by atoms with van der Waals surface area (Å²) in [5, 5.41) is 4.95. The third kappa shape index (κ3) is 3.84. The lowest BCUT2D eigenvalue weighted by molar-refractivity contribution is -0.136. The highest BCUT2D eigenvalue weighted by atomic mass is 16.2. The molecule has 0 saturated carbocycles. The number of benzene rings is 1. The van der Waals surface area contributed by atoms with Crippen LogP contribution in [0.1, 0.15) is 34.3 Å². The van der Waals surface area contributed by atoms with Gasteiger partial charge in [-0.3, -0.25) is 29.5 Å². The maximum absolute atomic E-state index is 12.7. The molecule has 1 fully saturated rings. The van der Waals surface area contributed by atoms with E-state index in [2.05, 4.69) is 27.5 Å². The Hall–Kier alpha value is -3.99. The maximum atomic E-state index is 12.7. The minimum Gasteiger partial charge on any atom is -0.322 e. The van der Waals surface area contributed by atoms with Crippen LogP contribution in [0.25, 0.3) is 0 Å². The van der Waals surface area contributed by atoms with Crippen molar-refractivity contribution in [3.8, 4) is 11.8 Å².